The molecule has 0 unspecified atom stereocenters. The normalized spacial score (nSPS) is 16.8. The van der Waals surface area contributed by atoms with Gasteiger partial charge in [0.15, 0.2) is 5.96 Å². The van der Waals surface area contributed by atoms with Crippen molar-refractivity contribution >= 4 is 94.5 Å². The Kier molecular flexibility index (Phi) is 33.9. The second-order valence-corrected chi connectivity index (χ2v) is 25.1. The summed E-state index contributed by atoms with van der Waals surface area (Å²) in [5, 5.41) is 21.1. The zero-order chi connectivity index (χ0) is 70.1. The molecule has 13 amide bonds. The van der Waals surface area contributed by atoms with Crippen molar-refractivity contribution in [2.75, 3.05) is 44.7 Å². The van der Waals surface area contributed by atoms with Crippen LogP contribution in [0.1, 0.15) is 121 Å². The van der Waals surface area contributed by atoms with Crippen molar-refractivity contribution in [3.63, 3.8) is 0 Å². The van der Waals surface area contributed by atoms with Gasteiger partial charge in [-0.3, -0.25) is 67.3 Å². The highest BCUT2D eigenvalue weighted by Crippen LogP contribution is 2.24. The van der Waals surface area contributed by atoms with E-state index >= 15 is 0 Å². The summed E-state index contributed by atoms with van der Waals surface area (Å²) in [4.78, 5) is 185. The lowest BCUT2D eigenvalue weighted by atomic mass is 10.0. The number of aliphatic imine (C=N–C) groups is 1. The van der Waals surface area contributed by atoms with E-state index in [4.69, 9.17) is 40.1 Å². The van der Waals surface area contributed by atoms with Gasteiger partial charge in [0.1, 0.15) is 54.4 Å². The Balaban J connectivity index is 1.56. The average molecular weight is 1350 g/mol. The van der Waals surface area contributed by atoms with Crippen LogP contribution < -0.4 is 82.7 Å². The van der Waals surface area contributed by atoms with E-state index in [2.05, 4.69) is 47.5 Å². The lowest BCUT2D eigenvalue weighted by molar-refractivity contribution is -0.144. The molecule has 0 aromatic heterocycles. The van der Waals surface area contributed by atoms with Gasteiger partial charge < -0.3 is 92.5 Å². The lowest BCUT2D eigenvalue weighted by Gasteiger charge is -2.32. The topological polar surface area (TPSA) is 519 Å². The summed E-state index contributed by atoms with van der Waals surface area (Å²) in [5.41, 5.74) is 40.6. The van der Waals surface area contributed by atoms with E-state index < -0.39 is 169 Å². The molecule has 0 spiro atoms. The van der Waals surface area contributed by atoms with Crippen LogP contribution in [0.15, 0.2) is 65.7 Å². The highest BCUT2D eigenvalue weighted by molar-refractivity contribution is 7.98. The Labute approximate surface area is 558 Å². The number of nitrogens with zero attached hydrogens (tertiary/aromatic N) is 3. The number of guanidine groups is 1. The summed E-state index contributed by atoms with van der Waals surface area (Å²) in [7, 11) is 0. The number of nitrogens with one attached hydrogen (secondary N) is 8. The van der Waals surface area contributed by atoms with Crippen molar-refractivity contribution in [2.24, 2.45) is 51.0 Å². The van der Waals surface area contributed by atoms with Crippen LogP contribution in [0.4, 0.5) is 0 Å². The summed E-state index contributed by atoms with van der Waals surface area (Å²) in [5.74, 6) is -9.80. The van der Waals surface area contributed by atoms with Crippen molar-refractivity contribution in [1.29, 1.82) is 0 Å². The molecule has 2 heterocycles. The fraction of sp³-hybridized carbons (Fsp3) is 0.587. The van der Waals surface area contributed by atoms with E-state index in [0.717, 1.165) is 0 Å². The zero-order valence-corrected chi connectivity index (χ0v) is 55.3. The van der Waals surface area contributed by atoms with Crippen LogP contribution in [0.2, 0.25) is 0 Å². The maximum absolute atomic E-state index is 14.7. The largest absolute Gasteiger partial charge is 0.370 e. The summed E-state index contributed by atoms with van der Waals surface area (Å²) in [6, 6.07) is 4.51. The first-order valence-electron chi connectivity index (χ1n) is 32.2. The van der Waals surface area contributed by atoms with E-state index in [0.29, 0.717) is 55.4 Å². The lowest BCUT2D eigenvalue weighted by Crippen LogP contribution is -2.60. The van der Waals surface area contributed by atoms with E-state index in [1.54, 1.807) is 60.7 Å². The van der Waals surface area contributed by atoms with Gasteiger partial charge in [-0.15, -0.1) is 0 Å². The van der Waals surface area contributed by atoms with Gasteiger partial charge in [-0.05, 0) is 119 Å². The number of rotatable bonds is 42. The molecule has 2 saturated heterocycles. The van der Waals surface area contributed by atoms with Crippen LogP contribution in [-0.2, 0) is 75.2 Å². The molecule has 2 aliphatic heterocycles. The smallest absolute Gasteiger partial charge is 0.245 e. The number of benzene rings is 2. The molecular weight excluding hydrogens is 1250 g/mol. The summed E-state index contributed by atoms with van der Waals surface area (Å²) in [6.07, 6.45) is 3.12. The van der Waals surface area contributed by atoms with E-state index in [1.165, 1.54) is 21.6 Å². The van der Waals surface area contributed by atoms with E-state index in [9.17, 15) is 62.3 Å². The average Bonchev–Trinajstić information content (AvgIpc) is 1.74. The SMILES string of the molecule is CSCC[C@H](NC(=O)[C@@H](CC(C)C)NC(=O)CNC(=O)[C@@H](Cc1ccccc1)NC(=O)[C@@H](Cc1ccccc1)NC(=O)[C@@H](CCC(N)=O)NC(=O)[C@@H](CCC(N)=O)NC(=O)[C@H]1CCCN1C(=O)[C@H](CCCCN)NC(=O)[C@H]1CCCN1C(=O)[C@H](N)CCCN=C(N)N)C(N)=O. The first-order valence-corrected chi connectivity index (χ1v) is 33.6. The Bertz CT molecular complexity index is 2960. The molecule has 4 rings (SSSR count). The third kappa shape index (κ3) is 27.5. The first-order chi connectivity index (χ1) is 45.2. The van der Waals surface area contributed by atoms with Gasteiger partial charge in [0.05, 0.1) is 12.6 Å². The molecule has 524 valence electrons. The summed E-state index contributed by atoms with van der Waals surface area (Å²) in [6.45, 7) is 3.86. The first kappa shape index (κ1) is 78.5. The van der Waals surface area contributed by atoms with Gasteiger partial charge in [0.25, 0.3) is 0 Å². The Morgan fingerprint density at radius 2 is 1.01 bits per heavy atom. The number of carbonyl (C=O) groups is 13. The van der Waals surface area contributed by atoms with Crippen LogP contribution in [0, 0.1) is 5.92 Å². The standard InChI is InChI=1S/C63H98N18O13S/c1-37(2)33-45(57(89)74-41(53(68)85)27-32-95-3)73-52(84)36-72-54(86)46(34-38-15-6-4-7-16-38)78-58(90)47(35-39-17-8-5-9-18-39)79-56(88)42(23-25-50(66)82)75-55(87)43(24-26-51(67)83)76-59(91)49-22-14-31-81(49)62(94)44(20-10-11-28-64)77-60(92)48-21-13-30-80(48)61(93)40(65)19-12-29-71-63(69)70/h4-9,15-18,37,40-49H,10-14,19-36,64-65H2,1-3H3,(H2,66,82)(H2,67,83)(H2,68,85)(H,72,86)(H,73,84)(H,74,89)(H,75,87)(H,76,91)(H,77,92)(H,78,90)(H,79,88)(H4,69,70,71)/t40-,41+,42-,43-,44+,45-,46-,47-,48-,49-/m1/s1. The van der Waals surface area contributed by atoms with Crippen molar-refractivity contribution in [1.82, 2.24) is 52.3 Å². The molecule has 2 aromatic carbocycles. The zero-order valence-electron chi connectivity index (χ0n) is 54.5. The molecular formula is C63H98N18O13S. The maximum atomic E-state index is 14.7. The number of unbranched alkanes of at least 4 members (excludes halogenated alkanes) is 1. The predicted molar refractivity (Wildman–Crippen MR) is 356 cm³/mol. The van der Waals surface area contributed by atoms with Crippen LogP contribution in [-0.4, -0.2) is 198 Å². The van der Waals surface area contributed by atoms with Gasteiger partial charge in [0, 0.05) is 45.3 Å². The minimum absolute atomic E-state index is 0.0736. The highest BCUT2D eigenvalue weighted by atomic mass is 32.2. The molecule has 0 aliphatic carbocycles. The third-order valence-corrected chi connectivity index (χ3v) is 16.7. The molecule has 95 heavy (non-hydrogen) atoms. The summed E-state index contributed by atoms with van der Waals surface area (Å²) < 4.78 is 0. The van der Waals surface area contributed by atoms with Crippen molar-refractivity contribution in [2.45, 2.75) is 183 Å². The van der Waals surface area contributed by atoms with Crippen LogP contribution in [0.25, 0.3) is 0 Å². The number of hydrogen-bond donors (Lipinski definition) is 15. The molecule has 0 saturated carbocycles. The van der Waals surface area contributed by atoms with Gasteiger partial charge in [-0.2, -0.15) is 11.8 Å². The molecule has 10 atom stereocenters. The predicted octanol–water partition coefficient (Wildman–Crippen LogP) is -3.71. The van der Waals surface area contributed by atoms with Gasteiger partial charge in [-0.25, -0.2) is 0 Å². The number of thioether (sulfide) groups is 1. The second kappa shape index (κ2) is 41.0. The van der Waals surface area contributed by atoms with Crippen molar-refractivity contribution in [3.05, 3.63) is 71.8 Å². The quantitative estimate of drug-likeness (QED) is 0.0173. The van der Waals surface area contributed by atoms with Crippen LogP contribution >= 0.6 is 11.8 Å². The fourth-order valence-electron chi connectivity index (χ4n) is 11.0. The number of likely N-dealkylation sites (tertiary alicyclic amines) is 2. The molecule has 2 fully saturated rings. The molecule has 22 N–H and O–H groups in total. The van der Waals surface area contributed by atoms with Crippen molar-refractivity contribution in [3.8, 4) is 0 Å². The highest BCUT2D eigenvalue weighted by Gasteiger charge is 2.42. The molecule has 32 heteroatoms. The maximum Gasteiger partial charge on any atom is 0.245 e. The van der Waals surface area contributed by atoms with Crippen molar-refractivity contribution < 1.29 is 62.3 Å². The number of carbonyl (C=O) groups excluding carboxylic acids is 13. The Morgan fingerprint density at radius 3 is 1.51 bits per heavy atom. The monoisotopic (exact) mass is 1350 g/mol. The molecule has 2 aromatic rings. The molecule has 31 nitrogen and oxygen atoms in total. The summed E-state index contributed by atoms with van der Waals surface area (Å²) >= 11 is 1.45. The van der Waals surface area contributed by atoms with Gasteiger partial charge in [0.2, 0.25) is 76.8 Å². The second-order valence-electron chi connectivity index (χ2n) is 24.1. The Hall–Kier alpha value is -8.91. The Morgan fingerprint density at radius 1 is 0.537 bits per heavy atom. The number of primary amides is 3. The molecule has 2 aliphatic rings. The van der Waals surface area contributed by atoms with E-state index in [-0.39, 0.29) is 83.0 Å². The minimum Gasteiger partial charge on any atom is -0.370 e. The number of nitrogens with two attached hydrogens (primary N) is 7. The van der Waals surface area contributed by atoms with Gasteiger partial charge in [-0.1, -0.05) is 74.5 Å². The minimum atomic E-state index is -1.64. The third-order valence-electron chi connectivity index (χ3n) is 16.0. The molecule has 0 bridgehead atoms. The van der Waals surface area contributed by atoms with Crippen LogP contribution in [0.3, 0.4) is 0 Å². The number of amides is 13. The number of hydrogen-bond acceptors (Lipinski definition) is 17. The molecule has 0 radical (unpaired) electrons. The fourth-order valence-corrected chi connectivity index (χ4v) is 11.5. The van der Waals surface area contributed by atoms with Crippen LogP contribution in [0.5, 0.6) is 0 Å². The van der Waals surface area contributed by atoms with E-state index in [1.807, 2.05) is 20.1 Å². The van der Waals surface area contributed by atoms with Gasteiger partial charge >= 0.3 is 0 Å².